The summed E-state index contributed by atoms with van der Waals surface area (Å²) in [4.78, 5) is 8.88. The largest absolute Gasteiger partial charge is 0.383 e. The summed E-state index contributed by atoms with van der Waals surface area (Å²) in [6, 6.07) is 0. The molecule has 3 rings (SSSR count). The van der Waals surface area contributed by atoms with Gasteiger partial charge in [0.15, 0.2) is 11.5 Å². The van der Waals surface area contributed by atoms with Crippen LogP contribution in [0.15, 0.2) is 31.0 Å². The van der Waals surface area contributed by atoms with E-state index < -0.39 is 8.07 Å². The molecule has 7 nitrogen and oxygen atoms in total. The van der Waals surface area contributed by atoms with Gasteiger partial charge in [0.2, 0.25) is 0 Å². The van der Waals surface area contributed by atoms with Gasteiger partial charge in [-0.1, -0.05) is 25.6 Å². The molecule has 3 aromatic rings. The zero-order chi connectivity index (χ0) is 17.9. The molecule has 0 aliphatic heterocycles. The Morgan fingerprint density at radius 3 is 2.84 bits per heavy atom. The molecular weight excluding hydrogens is 332 g/mol. The molecule has 0 atom stereocenters. The third-order valence-corrected chi connectivity index (χ3v) is 4.29. The van der Waals surface area contributed by atoms with Crippen LogP contribution in [0, 0.1) is 11.5 Å². The van der Waals surface area contributed by atoms with E-state index in [2.05, 4.69) is 51.5 Å². The van der Waals surface area contributed by atoms with E-state index in [0.29, 0.717) is 19.0 Å². The van der Waals surface area contributed by atoms with E-state index >= 15 is 0 Å². The molecule has 25 heavy (non-hydrogen) atoms. The molecular formula is C17H22N6OSi. The Morgan fingerprint density at radius 2 is 2.08 bits per heavy atom. The minimum Gasteiger partial charge on any atom is -0.383 e. The third kappa shape index (κ3) is 4.26. The number of methoxy groups -OCH3 is 1. The van der Waals surface area contributed by atoms with Crippen molar-refractivity contribution >= 4 is 25.2 Å². The first-order valence-corrected chi connectivity index (χ1v) is 11.6. The molecule has 0 saturated carbocycles. The van der Waals surface area contributed by atoms with Gasteiger partial charge < -0.3 is 10.1 Å². The minimum absolute atomic E-state index is 0.619. The number of nitrogens with zero attached hydrogens (tertiary/aromatic N) is 5. The molecule has 8 heteroatoms. The number of anilines is 2. The fourth-order valence-electron chi connectivity index (χ4n) is 2.22. The fourth-order valence-corrected chi connectivity index (χ4v) is 2.73. The molecule has 0 aromatic carbocycles. The fraction of sp³-hybridized carbons (Fsp3) is 0.353. The van der Waals surface area contributed by atoms with Crippen molar-refractivity contribution in [2.24, 2.45) is 0 Å². The summed E-state index contributed by atoms with van der Waals surface area (Å²) in [6.07, 6.45) is 9.09. The van der Waals surface area contributed by atoms with Crippen LogP contribution in [-0.4, -0.2) is 45.9 Å². The molecule has 0 bridgehead atoms. The number of hydrogen-bond donors (Lipinski definition) is 1. The molecule has 1 N–H and O–H groups in total. The molecule has 0 fully saturated rings. The highest BCUT2D eigenvalue weighted by Gasteiger charge is 2.11. The molecule has 0 unspecified atom stereocenters. The van der Waals surface area contributed by atoms with Crippen molar-refractivity contribution in [2.45, 2.75) is 26.2 Å². The summed E-state index contributed by atoms with van der Waals surface area (Å²) in [5.41, 5.74) is 5.84. The standard InChI is InChI=1S/C17H22N6OSi/c1-24-9-8-22-13-14(11-20-22)21-16-17-19-12-15(5-10-25(2,3)4)23(17)7-6-18-16/h6-7,11-13H,8-9H2,1-4H3,(H,18,21). The number of nitrogens with one attached hydrogen (secondary N) is 1. The van der Waals surface area contributed by atoms with Gasteiger partial charge in [-0.25, -0.2) is 9.97 Å². The second-order valence-corrected chi connectivity index (χ2v) is 11.5. The van der Waals surface area contributed by atoms with Crippen LogP contribution in [0.3, 0.4) is 0 Å². The highest BCUT2D eigenvalue weighted by molar-refractivity contribution is 6.83. The first-order valence-electron chi connectivity index (χ1n) is 8.10. The third-order valence-electron chi connectivity index (χ3n) is 3.41. The lowest BCUT2D eigenvalue weighted by Gasteiger charge is -2.05. The van der Waals surface area contributed by atoms with Crippen molar-refractivity contribution in [2.75, 3.05) is 19.0 Å². The molecule has 0 amide bonds. The molecule has 0 aliphatic rings. The van der Waals surface area contributed by atoms with E-state index in [9.17, 15) is 0 Å². The quantitative estimate of drug-likeness (QED) is 0.563. The Morgan fingerprint density at radius 1 is 1.24 bits per heavy atom. The topological polar surface area (TPSA) is 69.3 Å². The van der Waals surface area contributed by atoms with Crippen LogP contribution in [0.4, 0.5) is 11.5 Å². The Bertz CT molecular complexity index is 928. The van der Waals surface area contributed by atoms with Crippen LogP contribution in [0.2, 0.25) is 19.6 Å². The Hall–Kier alpha value is -2.63. The average molecular weight is 354 g/mol. The number of ether oxygens (including phenoxy) is 1. The van der Waals surface area contributed by atoms with E-state index in [1.54, 1.807) is 25.7 Å². The molecule has 130 valence electrons. The normalized spacial score (nSPS) is 11.4. The summed E-state index contributed by atoms with van der Waals surface area (Å²) in [6.45, 7) is 7.99. The summed E-state index contributed by atoms with van der Waals surface area (Å²) >= 11 is 0. The van der Waals surface area contributed by atoms with Gasteiger partial charge in [0, 0.05) is 25.7 Å². The molecule has 3 heterocycles. The number of fused-ring (bicyclic) bond motifs is 1. The van der Waals surface area contributed by atoms with Crippen LogP contribution in [0.25, 0.3) is 5.65 Å². The van der Waals surface area contributed by atoms with Crippen molar-refractivity contribution in [3.63, 3.8) is 0 Å². The maximum atomic E-state index is 5.06. The van der Waals surface area contributed by atoms with Gasteiger partial charge in [-0.05, 0) is 0 Å². The Labute approximate surface area is 148 Å². The Kier molecular flexibility index (Phi) is 4.87. The second kappa shape index (κ2) is 7.09. The van der Waals surface area contributed by atoms with Gasteiger partial charge in [-0.3, -0.25) is 9.08 Å². The van der Waals surface area contributed by atoms with Gasteiger partial charge in [0.25, 0.3) is 0 Å². The van der Waals surface area contributed by atoms with Gasteiger partial charge in [-0.15, -0.1) is 5.54 Å². The Balaban J connectivity index is 1.86. The van der Waals surface area contributed by atoms with Gasteiger partial charge >= 0.3 is 0 Å². The highest BCUT2D eigenvalue weighted by atomic mass is 28.3. The summed E-state index contributed by atoms with van der Waals surface area (Å²) in [5, 5.41) is 7.56. The van der Waals surface area contributed by atoms with Gasteiger partial charge in [-0.2, -0.15) is 5.10 Å². The van der Waals surface area contributed by atoms with E-state index in [4.69, 9.17) is 4.74 Å². The van der Waals surface area contributed by atoms with Gasteiger partial charge in [0.05, 0.1) is 31.2 Å². The SMILES string of the molecule is COCCn1cc(Nc2nccn3c(C#C[Si](C)(C)C)cnc23)cn1. The van der Waals surface area contributed by atoms with E-state index in [-0.39, 0.29) is 0 Å². The lowest BCUT2D eigenvalue weighted by molar-refractivity contribution is 0.183. The van der Waals surface area contributed by atoms with Crippen LogP contribution < -0.4 is 5.32 Å². The predicted molar refractivity (Wildman–Crippen MR) is 101 cm³/mol. The molecule has 0 radical (unpaired) electrons. The van der Waals surface area contributed by atoms with Crippen LogP contribution in [0.5, 0.6) is 0 Å². The first-order chi connectivity index (χ1) is 12.0. The zero-order valence-corrected chi connectivity index (χ0v) is 15.9. The van der Waals surface area contributed by atoms with Crippen LogP contribution >= 0.6 is 0 Å². The van der Waals surface area contributed by atoms with Crippen molar-refractivity contribution in [1.29, 1.82) is 0 Å². The molecule has 3 aromatic heterocycles. The first kappa shape index (κ1) is 17.2. The van der Waals surface area contributed by atoms with Crippen molar-refractivity contribution in [1.82, 2.24) is 24.1 Å². The smallest absolute Gasteiger partial charge is 0.181 e. The number of aromatic nitrogens is 5. The maximum absolute atomic E-state index is 5.06. The molecule has 0 aliphatic carbocycles. The van der Waals surface area contributed by atoms with E-state index in [1.165, 1.54) is 0 Å². The lowest BCUT2D eigenvalue weighted by atomic mass is 10.5. The number of rotatable bonds is 5. The van der Waals surface area contributed by atoms with Gasteiger partial charge in [0.1, 0.15) is 13.8 Å². The van der Waals surface area contributed by atoms with Crippen molar-refractivity contribution in [3.05, 3.63) is 36.7 Å². The van der Waals surface area contributed by atoms with Crippen molar-refractivity contribution in [3.8, 4) is 11.5 Å². The van der Waals surface area contributed by atoms with E-state index in [1.807, 2.05) is 21.5 Å². The van der Waals surface area contributed by atoms with Crippen LogP contribution in [0.1, 0.15) is 5.69 Å². The zero-order valence-electron chi connectivity index (χ0n) is 14.9. The number of imidazole rings is 1. The van der Waals surface area contributed by atoms with Crippen molar-refractivity contribution < 1.29 is 4.74 Å². The molecule has 0 spiro atoms. The summed E-state index contributed by atoms with van der Waals surface area (Å²) in [5.74, 6) is 3.93. The summed E-state index contributed by atoms with van der Waals surface area (Å²) < 4.78 is 8.84. The summed E-state index contributed by atoms with van der Waals surface area (Å²) in [7, 11) is 0.236. The molecule has 0 saturated heterocycles. The monoisotopic (exact) mass is 354 g/mol. The lowest BCUT2D eigenvalue weighted by Crippen LogP contribution is -2.16. The average Bonchev–Trinajstić information content (AvgIpc) is 3.17. The minimum atomic E-state index is -1.44. The number of hydrogen-bond acceptors (Lipinski definition) is 5. The highest BCUT2D eigenvalue weighted by Crippen LogP contribution is 2.19. The van der Waals surface area contributed by atoms with Crippen LogP contribution in [-0.2, 0) is 11.3 Å². The predicted octanol–water partition coefficient (Wildman–Crippen LogP) is 2.54. The maximum Gasteiger partial charge on any atom is 0.181 e. The van der Waals surface area contributed by atoms with E-state index in [0.717, 1.165) is 17.0 Å². The second-order valence-electron chi connectivity index (χ2n) is 6.72.